The molecule has 0 radical (unpaired) electrons. The van der Waals surface area contributed by atoms with Crippen LogP contribution in [0.4, 0.5) is 11.6 Å². The zero-order chi connectivity index (χ0) is 26.8. The molecule has 1 fully saturated rings. The number of anilines is 2. The monoisotopic (exact) mass is 523 g/mol. The average Bonchev–Trinajstić information content (AvgIpc) is 3.15. The molecule has 0 spiro atoms. The van der Waals surface area contributed by atoms with E-state index >= 15 is 0 Å². The van der Waals surface area contributed by atoms with Crippen LogP contribution in [0.1, 0.15) is 43.1 Å². The van der Waals surface area contributed by atoms with Gasteiger partial charge in [0.25, 0.3) is 15.9 Å². The first-order valence-corrected chi connectivity index (χ1v) is 13.6. The molecule has 0 bridgehead atoms. The van der Waals surface area contributed by atoms with Crippen LogP contribution in [0.25, 0.3) is 0 Å². The lowest BCUT2D eigenvalue weighted by Crippen LogP contribution is -2.41. The van der Waals surface area contributed by atoms with Gasteiger partial charge in [0.15, 0.2) is 5.03 Å². The van der Waals surface area contributed by atoms with Crippen LogP contribution in [0.15, 0.2) is 65.8 Å². The van der Waals surface area contributed by atoms with Gasteiger partial charge in [0.05, 0.1) is 12.7 Å². The fourth-order valence-corrected chi connectivity index (χ4v) is 5.84. The Balaban J connectivity index is 1.56. The summed E-state index contributed by atoms with van der Waals surface area (Å²) in [4.78, 5) is 25.9. The van der Waals surface area contributed by atoms with Crippen LogP contribution in [-0.2, 0) is 16.6 Å². The van der Waals surface area contributed by atoms with Crippen molar-refractivity contribution in [2.75, 3.05) is 30.5 Å². The van der Waals surface area contributed by atoms with E-state index in [1.807, 2.05) is 36.2 Å². The minimum atomic E-state index is -4.24. The number of amides is 1. The summed E-state index contributed by atoms with van der Waals surface area (Å²) < 4.78 is 34.0. The second-order valence-electron chi connectivity index (χ2n) is 10.0. The molecule has 196 valence electrons. The van der Waals surface area contributed by atoms with Crippen LogP contribution < -0.4 is 19.3 Å². The number of hydrogen-bond donors (Lipinski definition) is 1. The third kappa shape index (κ3) is 5.69. The predicted molar refractivity (Wildman–Crippen MR) is 143 cm³/mol. The molecule has 1 atom stereocenters. The number of sulfonamides is 1. The molecule has 1 aromatic carbocycles. The number of aromatic nitrogens is 2. The summed E-state index contributed by atoms with van der Waals surface area (Å²) in [5, 5.41) is -0.245. The minimum Gasteiger partial charge on any atom is -0.496 e. The zero-order valence-electron chi connectivity index (χ0n) is 21.8. The molecule has 0 aliphatic carbocycles. The number of nitrogens with zero attached hydrogens (tertiary/aromatic N) is 4. The largest absolute Gasteiger partial charge is 0.496 e. The van der Waals surface area contributed by atoms with Crippen molar-refractivity contribution in [3.05, 3.63) is 71.9 Å². The lowest BCUT2D eigenvalue weighted by Gasteiger charge is -2.33. The number of hydrogen-bond acceptors (Lipinski definition) is 8. The maximum absolute atomic E-state index is 13.2. The van der Waals surface area contributed by atoms with Gasteiger partial charge in [-0.3, -0.25) is 4.79 Å². The summed E-state index contributed by atoms with van der Waals surface area (Å²) in [5.74, 6) is 1.33. The van der Waals surface area contributed by atoms with Crippen LogP contribution in [0.5, 0.6) is 5.75 Å². The van der Waals surface area contributed by atoms with Crippen molar-refractivity contribution in [2.24, 2.45) is 5.92 Å². The molecule has 10 heteroatoms. The molecule has 1 aliphatic rings. The zero-order valence-corrected chi connectivity index (χ0v) is 22.6. The smallest absolute Gasteiger partial charge is 0.281 e. The van der Waals surface area contributed by atoms with E-state index in [2.05, 4.69) is 40.4 Å². The average molecular weight is 524 g/mol. The highest BCUT2D eigenvalue weighted by Gasteiger charge is 2.39. The number of ether oxygens (including phenoxy) is 1. The van der Waals surface area contributed by atoms with Gasteiger partial charge in [0, 0.05) is 37.4 Å². The van der Waals surface area contributed by atoms with Crippen molar-refractivity contribution in [1.82, 2.24) is 14.7 Å². The third-order valence-electron chi connectivity index (χ3n) is 6.56. The van der Waals surface area contributed by atoms with Crippen LogP contribution >= 0.6 is 0 Å². The molecule has 3 heterocycles. The van der Waals surface area contributed by atoms with Crippen molar-refractivity contribution >= 4 is 27.6 Å². The maximum atomic E-state index is 13.2. The highest BCUT2D eigenvalue weighted by Crippen LogP contribution is 2.37. The highest BCUT2D eigenvalue weighted by atomic mass is 32.2. The Labute approximate surface area is 218 Å². The van der Waals surface area contributed by atoms with Gasteiger partial charge in [-0.2, -0.15) is 8.42 Å². The predicted octanol–water partition coefficient (Wildman–Crippen LogP) is 3.87. The lowest BCUT2D eigenvalue weighted by atomic mass is 9.97. The number of nitrogens with one attached hydrogen (secondary N) is 1. The molecule has 4 rings (SSSR count). The lowest BCUT2D eigenvalue weighted by molar-refractivity contribution is 0.0981. The second kappa shape index (κ2) is 10.4. The molecule has 1 saturated heterocycles. The van der Waals surface area contributed by atoms with Crippen LogP contribution in [0.2, 0.25) is 0 Å². The molecule has 1 amide bonds. The first kappa shape index (κ1) is 26.4. The van der Waals surface area contributed by atoms with Gasteiger partial charge < -0.3 is 14.5 Å². The van der Waals surface area contributed by atoms with E-state index in [1.54, 1.807) is 37.6 Å². The third-order valence-corrected chi connectivity index (χ3v) is 7.79. The van der Waals surface area contributed by atoms with Gasteiger partial charge in [-0.05, 0) is 56.5 Å². The Morgan fingerprint density at radius 2 is 1.92 bits per heavy atom. The van der Waals surface area contributed by atoms with E-state index in [0.717, 1.165) is 24.3 Å². The molecule has 9 nitrogen and oxygen atoms in total. The van der Waals surface area contributed by atoms with Gasteiger partial charge in [-0.15, -0.1) is 0 Å². The van der Waals surface area contributed by atoms with E-state index in [1.165, 1.54) is 6.07 Å². The SMILES string of the molecule is COc1ccccc1CN(C)c1cccc(S(=O)(=O)NC(=O)c2cccnc2N2CC(C)CC2(C)C)n1. The van der Waals surface area contributed by atoms with E-state index in [9.17, 15) is 13.2 Å². The second-order valence-corrected chi connectivity index (χ2v) is 11.7. The summed E-state index contributed by atoms with van der Waals surface area (Å²) in [7, 11) is -0.824. The standard InChI is InChI=1S/C27H33N5O4S/c1-19-16-27(2,3)32(17-19)25-21(11-9-15-28-25)26(33)30-37(34,35)24-14-8-13-23(29-24)31(4)18-20-10-6-7-12-22(20)36-5/h6-15,19H,16-18H2,1-5H3,(H,30,33). The Kier molecular flexibility index (Phi) is 7.40. The van der Waals surface area contributed by atoms with E-state index in [4.69, 9.17) is 4.74 Å². The quantitative estimate of drug-likeness (QED) is 0.475. The number of benzene rings is 1. The Hall–Kier alpha value is -3.66. The van der Waals surface area contributed by atoms with Gasteiger partial charge in [-0.1, -0.05) is 31.2 Å². The Morgan fingerprint density at radius 1 is 1.16 bits per heavy atom. The number of methoxy groups -OCH3 is 1. The number of carbonyl (C=O) groups is 1. The molecular weight excluding hydrogens is 490 g/mol. The molecule has 0 saturated carbocycles. The van der Waals surface area contributed by atoms with Gasteiger partial charge in [0.1, 0.15) is 17.4 Å². The van der Waals surface area contributed by atoms with Crippen molar-refractivity contribution in [2.45, 2.75) is 44.3 Å². The van der Waals surface area contributed by atoms with Crippen molar-refractivity contribution in [3.63, 3.8) is 0 Å². The summed E-state index contributed by atoms with van der Waals surface area (Å²) >= 11 is 0. The first-order valence-electron chi connectivity index (χ1n) is 12.1. The topological polar surface area (TPSA) is 105 Å². The Bertz CT molecular complexity index is 1390. The number of carbonyl (C=O) groups excluding carboxylic acids is 1. The van der Waals surface area contributed by atoms with Crippen LogP contribution in [-0.4, -0.2) is 50.5 Å². The van der Waals surface area contributed by atoms with E-state index in [0.29, 0.717) is 24.1 Å². The highest BCUT2D eigenvalue weighted by molar-refractivity contribution is 7.90. The summed E-state index contributed by atoms with van der Waals surface area (Å²) in [6, 6.07) is 15.5. The van der Waals surface area contributed by atoms with Crippen molar-refractivity contribution in [3.8, 4) is 5.75 Å². The molecular formula is C27H33N5O4S. The Morgan fingerprint density at radius 3 is 2.62 bits per heavy atom. The molecule has 2 aromatic heterocycles. The summed E-state index contributed by atoms with van der Waals surface area (Å²) in [5.41, 5.74) is 0.931. The van der Waals surface area contributed by atoms with Crippen molar-refractivity contribution in [1.29, 1.82) is 0 Å². The van der Waals surface area contributed by atoms with Gasteiger partial charge >= 0.3 is 0 Å². The first-order chi connectivity index (χ1) is 17.5. The fourth-order valence-electron chi connectivity index (χ4n) is 4.91. The molecule has 1 N–H and O–H groups in total. The number of pyridine rings is 2. The summed E-state index contributed by atoms with van der Waals surface area (Å²) in [6.45, 7) is 7.54. The number of para-hydroxylation sites is 1. The summed E-state index contributed by atoms with van der Waals surface area (Å²) in [6.07, 6.45) is 2.56. The molecule has 3 aromatic rings. The fraction of sp³-hybridized carbons (Fsp3) is 0.370. The number of rotatable bonds is 8. The molecule has 37 heavy (non-hydrogen) atoms. The normalized spacial score (nSPS) is 16.9. The van der Waals surface area contributed by atoms with Gasteiger partial charge in [-0.25, -0.2) is 14.7 Å². The minimum absolute atomic E-state index is 0.205. The van der Waals surface area contributed by atoms with E-state index in [-0.39, 0.29) is 16.1 Å². The van der Waals surface area contributed by atoms with Crippen LogP contribution in [0.3, 0.4) is 0 Å². The molecule has 1 aliphatic heterocycles. The van der Waals surface area contributed by atoms with Gasteiger partial charge in [0.2, 0.25) is 0 Å². The maximum Gasteiger partial charge on any atom is 0.281 e. The van der Waals surface area contributed by atoms with Crippen molar-refractivity contribution < 1.29 is 17.9 Å². The molecule has 1 unspecified atom stereocenters. The van der Waals surface area contributed by atoms with Crippen LogP contribution in [0, 0.1) is 5.92 Å². The van der Waals surface area contributed by atoms with E-state index < -0.39 is 15.9 Å².